The number of para-hydroxylation sites is 1. The van der Waals surface area contributed by atoms with Gasteiger partial charge in [-0.1, -0.05) is 84.4 Å². The van der Waals surface area contributed by atoms with Crippen molar-refractivity contribution in [2.45, 2.75) is 0 Å². The van der Waals surface area contributed by atoms with E-state index in [1.165, 1.54) is 169 Å². The van der Waals surface area contributed by atoms with E-state index in [1.54, 1.807) is 0 Å². The molecule has 0 aliphatic carbocycles. The Morgan fingerprint density at radius 2 is 0.581 bits per heavy atom. The van der Waals surface area contributed by atoms with Gasteiger partial charge in [-0.05, 0) is 83.9 Å². The van der Waals surface area contributed by atoms with Crippen molar-refractivity contribution < 1.29 is 4.42 Å². The van der Waals surface area contributed by atoms with Crippen LogP contribution in [0.2, 0.25) is 0 Å². The number of hydrogen-bond donors (Lipinski definition) is 0. The molecule has 0 bridgehead atoms. The van der Waals surface area contributed by atoms with E-state index in [0.29, 0.717) is 0 Å². The molecule has 0 saturated heterocycles. The zero-order chi connectivity index (χ0) is 44.9. The third-order valence-electron chi connectivity index (χ3n) is 17.0. The van der Waals surface area contributed by atoms with Gasteiger partial charge in [-0.25, -0.2) is 0 Å². The van der Waals surface area contributed by atoms with E-state index >= 15 is 0 Å². The van der Waals surface area contributed by atoms with Crippen LogP contribution in [-0.4, -0.2) is 149 Å². The van der Waals surface area contributed by atoms with Crippen LogP contribution in [0.25, 0.3) is 87.6 Å². The summed E-state index contributed by atoms with van der Waals surface area (Å²) in [4.78, 5) is 0. The second kappa shape index (κ2) is 14.8. The standard InChI is InChI=1S/C42H45B19O/c43-24-21(31(50)36(55)32(51)22(24)19-20-23(33(52)35(54)29(19)48)34(53)42(61)41(60)30(20)49)14-17-15(25(44)37(56)39(58)27(17)46)13(16-18(14)28(47)40(59)38(57)26(16)45)8-5-6-12-10(7-8)9-3-1-2-4-11(9)62-12/h1-7H,43-61H2. The number of hydrogen-bond acceptors (Lipinski definition) is 1. The molecule has 0 unspecified atom stereocenters. The number of fused-ring (bicyclic) bond motifs is 6. The molecular formula is C42H45B19O. The molecule has 0 saturated carbocycles. The van der Waals surface area contributed by atoms with Gasteiger partial charge in [-0.15, -0.1) is 43.7 Å². The van der Waals surface area contributed by atoms with Crippen LogP contribution in [0.4, 0.5) is 0 Å². The largest absolute Gasteiger partial charge is 0.456 e. The van der Waals surface area contributed by atoms with Gasteiger partial charge in [0.25, 0.3) is 0 Å². The maximum absolute atomic E-state index is 6.42. The van der Waals surface area contributed by atoms with Crippen LogP contribution in [-0.2, 0) is 0 Å². The minimum Gasteiger partial charge on any atom is -0.456 e. The van der Waals surface area contributed by atoms with E-state index in [-0.39, 0.29) is 0 Å². The summed E-state index contributed by atoms with van der Waals surface area (Å²) in [5.41, 5.74) is 36.4. The monoisotopic (exact) mass is 775 g/mol. The molecule has 8 aromatic carbocycles. The molecule has 0 fully saturated rings. The fourth-order valence-corrected chi connectivity index (χ4v) is 11.9. The van der Waals surface area contributed by atoms with Gasteiger partial charge in [0.2, 0.25) is 0 Å². The minimum absolute atomic E-state index is 0.930. The average Bonchev–Trinajstić information content (AvgIpc) is 3.63. The lowest BCUT2D eigenvalue weighted by atomic mass is 9.55. The molecule has 62 heavy (non-hydrogen) atoms. The van der Waals surface area contributed by atoms with Gasteiger partial charge < -0.3 is 4.42 Å². The Balaban J connectivity index is 1.57. The Morgan fingerprint density at radius 3 is 1.06 bits per heavy atom. The van der Waals surface area contributed by atoms with Crippen molar-refractivity contribution in [2.24, 2.45) is 0 Å². The summed E-state index contributed by atoms with van der Waals surface area (Å²) < 4.78 is 6.42. The first-order chi connectivity index (χ1) is 29.2. The third kappa shape index (κ3) is 5.62. The molecule has 1 heterocycles. The van der Waals surface area contributed by atoms with E-state index in [4.69, 9.17) is 4.42 Å². The predicted molar refractivity (Wildman–Crippen MR) is 338 cm³/mol. The zero-order valence-corrected chi connectivity index (χ0v) is 40.9. The van der Waals surface area contributed by atoms with E-state index in [2.05, 4.69) is 192 Å². The maximum Gasteiger partial charge on any atom is 0.140 e. The zero-order valence-electron chi connectivity index (χ0n) is 40.9. The highest BCUT2D eigenvalue weighted by Crippen LogP contribution is 2.42. The lowest BCUT2D eigenvalue weighted by Gasteiger charge is -2.32. The average molecular weight is 771 g/mol. The Labute approximate surface area is 385 Å². The third-order valence-corrected chi connectivity index (χ3v) is 17.0. The number of furan rings is 1. The first kappa shape index (κ1) is 42.9. The van der Waals surface area contributed by atoms with E-state index in [9.17, 15) is 0 Å². The molecule has 1 nitrogen and oxygen atoms in total. The SMILES string of the molecule is Bc1c(B)c(-c2c(B)c(B)c(B)c3c(B)c(B)c(B)c(B)c23)c(B)c(-c2c3c(B)c(B)c(B)c(B)c3c(-c3ccc4oc5ccccc5c4c3)c3c(B)c(B)c(B)c(B)c23)c1B. The van der Waals surface area contributed by atoms with Crippen molar-refractivity contribution in [3.63, 3.8) is 0 Å². The Morgan fingerprint density at radius 1 is 0.242 bits per heavy atom. The summed E-state index contributed by atoms with van der Waals surface area (Å²) in [5.74, 6) is 0. The van der Waals surface area contributed by atoms with Crippen molar-refractivity contribution in [3.8, 4) is 33.4 Å². The molecule has 0 spiro atoms. The topological polar surface area (TPSA) is 13.1 Å². The fourth-order valence-electron chi connectivity index (χ4n) is 11.9. The fraction of sp³-hybridized carbons (Fsp3) is 0. The van der Waals surface area contributed by atoms with Gasteiger partial charge in [0.15, 0.2) is 0 Å². The van der Waals surface area contributed by atoms with Crippen LogP contribution in [0.5, 0.6) is 0 Å². The molecule has 0 aliphatic rings. The summed E-state index contributed by atoms with van der Waals surface area (Å²) >= 11 is 0. The van der Waals surface area contributed by atoms with Crippen LogP contribution in [0.15, 0.2) is 46.9 Å². The lowest BCUT2D eigenvalue weighted by Crippen LogP contribution is -2.53. The van der Waals surface area contributed by atoms with Gasteiger partial charge in [0.05, 0.1) is 0 Å². The van der Waals surface area contributed by atoms with Gasteiger partial charge in [-0.2, -0.15) is 0 Å². The summed E-state index contributed by atoms with van der Waals surface area (Å²) in [6, 6.07) is 15.4. The molecule has 9 aromatic rings. The van der Waals surface area contributed by atoms with Gasteiger partial charge in [0.1, 0.15) is 160 Å². The highest BCUT2D eigenvalue weighted by molar-refractivity contribution is 6.75. The van der Waals surface area contributed by atoms with Crippen molar-refractivity contribution in [3.05, 3.63) is 42.5 Å². The highest BCUT2D eigenvalue weighted by Gasteiger charge is 2.29. The molecule has 276 valence electrons. The second-order valence-corrected chi connectivity index (χ2v) is 19.3. The van der Waals surface area contributed by atoms with Gasteiger partial charge in [-0.3, -0.25) is 0 Å². The van der Waals surface area contributed by atoms with Crippen LogP contribution in [0.3, 0.4) is 0 Å². The van der Waals surface area contributed by atoms with Crippen LogP contribution in [0.1, 0.15) is 0 Å². The molecule has 1 aromatic heterocycles. The quantitative estimate of drug-likeness (QED) is 0.129. The predicted octanol–water partition coefficient (Wildman–Crippen LogP) is -21.0. The molecule has 20 heteroatoms. The van der Waals surface area contributed by atoms with Gasteiger partial charge in [0, 0.05) is 10.8 Å². The molecular weight excluding hydrogens is 726 g/mol. The summed E-state index contributed by atoms with van der Waals surface area (Å²) in [6.07, 6.45) is 0. The summed E-state index contributed by atoms with van der Waals surface area (Å²) in [5, 5.41) is 10.7. The molecule has 0 N–H and O–H groups in total. The van der Waals surface area contributed by atoms with Crippen LogP contribution in [0, 0.1) is 0 Å². The van der Waals surface area contributed by atoms with Crippen molar-refractivity contribution in [1.29, 1.82) is 0 Å². The van der Waals surface area contributed by atoms with E-state index in [1.807, 2.05) is 0 Å². The van der Waals surface area contributed by atoms with Crippen LogP contribution >= 0.6 is 0 Å². The van der Waals surface area contributed by atoms with E-state index in [0.717, 1.165) is 21.9 Å². The van der Waals surface area contributed by atoms with Crippen molar-refractivity contribution in [1.82, 2.24) is 0 Å². The van der Waals surface area contributed by atoms with Gasteiger partial charge >= 0.3 is 0 Å². The minimum atomic E-state index is 0.930. The van der Waals surface area contributed by atoms with Crippen molar-refractivity contribution >= 4 is 307 Å². The first-order valence-corrected chi connectivity index (χ1v) is 22.7. The lowest BCUT2D eigenvalue weighted by molar-refractivity contribution is 0.669. The Bertz CT molecular complexity index is 3490. The molecule has 0 amide bonds. The normalized spacial score (nSPS) is 11.8. The first-order valence-electron chi connectivity index (χ1n) is 22.7. The molecule has 9 rings (SSSR count). The van der Waals surface area contributed by atoms with Crippen molar-refractivity contribution in [2.75, 3.05) is 0 Å². The molecule has 0 aliphatic heterocycles. The smallest absolute Gasteiger partial charge is 0.140 e. The molecule has 0 atom stereocenters. The second-order valence-electron chi connectivity index (χ2n) is 19.3. The maximum atomic E-state index is 6.42. The van der Waals surface area contributed by atoms with Crippen LogP contribution < -0.4 is 104 Å². The Kier molecular flexibility index (Phi) is 10.2. The molecule has 0 radical (unpaired) electrons. The Hall–Kier alpha value is -4.43. The number of benzene rings is 8. The highest BCUT2D eigenvalue weighted by atomic mass is 16.3. The van der Waals surface area contributed by atoms with E-state index < -0.39 is 0 Å². The number of rotatable bonds is 3. The summed E-state index contributed by atoms with van der Waals surface area (Å²) in [6.45, 7) is 0. The summed E-state index contributed by atoms with van der Waals surface area (Å²) in [7, 11) is 45.0.